The van der Waals surface area contributed by atoms with Crippen molar-refractivity contribution in [1.29, 1.82) is 0 Å². The predicted molar refractivity (Wildman–Crippen MR) is 70.2 cm³/mol. The molecule has 0 spiro atoms. The van der Waals surface area contributed by atoms with Gasteiger partial charge in [-0.2, -0.15) is 5.10 Å². The number of carbonyl (C=O) groups excluding carboxylic acids is 1. The van der Waals surface area contributed by atoms with Gasteiger partial charge in [-0.25, -0.2) is 0 Å². The first-order valence-electron chi connectivity index (χ1n) is 6.18. The van der Waals surface area contributed by atoms with Crippen LogP contribution in [0.2, 0.25) is 0 Å². The average molecular weight is 277 g/mol. The minimum absolute atomic E-state index is 0.0256. The molecule has 0 radical (unpaired) electrons. The van der Waals surface area contributed by atoms with Gasteiger partial charge in [0.2, 0.25) is 0 Å². The van der Waals surface area contributed by atoms with Crippen LogP contribution in [0.5, 0.6) is 0 Å². The van der Waals surface area contributed by atoms with Gasteiger partial charge in [0.05, 0.1) is 0 Å². The van der Waals surface area contributed by atoms with Crippen LogP contribution < -0.4 is 5.32 Å². The van der Waals surface area contributed by atoms with E-state index in [0.29, 0.717) is 24.4 Å². The molecule has 20 heavy (non-hydrogen) atoms. The molecule has 0 bridgehead atoms. The minimum atomic E-state index is -0.880. The van der Waals surface area contributed by atoms with E-state index in [1.54, 1.807) is 12.1 Å². The summed E-state index contributed by atoms with van der Waals surface area (Å²) in [5, 5.41) is 17.7. The summed E-state index contributed by atoms with van der Waals surface area (Å²) in [6.07, 6.45) is 0.410. The molecule has 2 aromatic heterocycles. The summed E-state index contributed by atoms with van der Waals surface area (Å²) in [6, 6.07) is 5.20. The maximum atomic E-state index is 11.8. The van der Waals surface area contributed by atoms with Crippen LogP contribution in [0.25, 0.3) is 11.5 Å². The van der Waals surface area contributed by atoms with Gasteiger partial charge in [-0.3, -0.25) is 14.7 Å². The number of rotatable bonds is 6. The molecule has 3 N–H and O–H groups in total. The number of carboxylic acid groups (broad SMARTS) is 1. The summed E-state index contributed by atoms with van der Waals surface area (Å²) in [4.78, 5) is 22.1. The van der Waals surface area contributed by atoms with Crippen LogP contribution in [0, 0.1) is 6.92 Å². The molecule has 0 saturated heterocycles. The number of furan rings is 1. The van der Waals surface area contributed by atoms with E-state index < -0.39 is 5.97 Å². The van der Waals surface area contributed by atoms with Crippen LogP contribution in [0.3, 0.4) is 0 Å². The molecule has 0 saturated carbocycles. The van der Waals surface area contributed by atoms with Crippen LogP contribution in [-0.2, 0) is 4.79 Å². The van der Waals surface area contributed by atoms with Gasteiger partial charge in [-0.15, -0.1) is 0 Å². The smallest absolute Gasteiger partial charge is 0.303 e. The van der Waals surface area contributed by atoms with Crippen LogP contribution in [0.1, 0.15) is 29.1 Å². The first kappa shape index (κ1) is 13.9. The number of amides is 1. The lowest BCUT2D eigenvalue weighted by Crippen LogP contribution is -2.25. The van der Waals surface area contributed by atoms with E-state index in [2.05, 4.69) is 15.5 Å². The van der Waals surface area contributed by atoms with Gasteiger partial charge >= 0.3 is 5.97 Å². The first-order chi connectivity index (χ1) is 9.56. The lowest BCUT2D eigenvalue weighted by molar-refractivity contribution is -0.137. The molecule has 2 aromatic rings. The Balaban J connectivity index is 1.91. The summed E-state index contributed by atoms with van der Waals surface area (Å²) in [7, 11) is 0. The van der Waals surface area contributed by atoms with Crippen molar-refractivity contribution in [2.45, 2.75) is 19.8 Å². The summed E-state index contributed by atoms with van der Waals surface area (Å²) < 4.78 is 5.42. The number of carbonyl (C=O) groups is 2. The molecule has 0 aromatic carbocycles. The van der Waals surface area contributed by atoms with Gasteiger partial charge in [-0.05, 0) is 25.5 Å². The van der Waals surface area contributed by atoms with Gasteiger partial charge in [0.1, 0.15) is 11.5 Å². The second-order valence-corrected chi connectivity index (χ2v) is 4.33. The van der Waals surface area contributed by atoms with Crippen molar-refractivity contribution in [2.75, 3.05) is 6.54 Å². The summed E-state index contributed by atoms with van der Waals surface area (Å²) in [6.45, 7) is 2.13. The fraction of sp³-hybridized carbons (Fsp3) is 0.308. The monoisotopic (exact) mass is 277 g/mol. The predicted octanol–water partition coefficient (Wildman–Crippen LogP) is 1.57. The number of nitrogens with one attached hydrogen (secondary N) is 2. The van der Waals surface area contributed by atoms with Crippen molar-refractivity contribution in [3.63, 3.8) is 0 Å². The second kappa shape index (κ2) is 6.05. The molecule has 0 unspecified atom stereocenters. The third-order valence-electron chi connectivity index (χ3n) is 2.67. The van der Waals surface area contributed by atoms with Gasteiger partial charge in [-0.1, -0.05) is 0 Å². The van der Waals surface area contributed by atoms with E-state index in [9.17, 15) is 9.59 Å². The van der Waals surface area contributed by atoms with Crippen LogP contribution in [-0.4, -0.2) is 33.7 Å². The molecule has 7 heteroatoms. The summed E-state index contributed by atoms with van der Waals surface area (Å²) in [5.74, 6) is 0.157. The Hall–Kier alpha value is -2.57. The molecular formula is C13H15N3O4. The topological polar surface area (TPSA) is 108 Å². The van der Waals surface area contributed by atoms with E-state index in [1.807, 2.05) is 13.0 Å². The highest BCUT2D eigenvalue weighted by molar-refractivity contribution is 5.93. The van der Waals surface area contributed by atoms with E-state index >= 15 is 0 Å². The van der Waals surface area contributed by atoms with Crippen LogP contribution in [0.4, 0.5) is 0 Å². The maximum absolute atomic E-state index is 11.8. The number of aromatic amines is 1. The molecular weight excluding hydrogens is 262 g/mol. The number of aromatic nitrogens is 2. The van der Waals surface area contributed by atoms with Crippen molar-refractivity contribution in [1.82, 2.24) is 15.5 Å². The van der Waals surface area contributed by atoms with Crippen LogP contribution >= 0.6 is 0 Å². The number of hydrogen-bond donors (Lipinski definition) is 3. The van der Waals surface area contributed by atoms with E-state index in [4.69, 9.17) is 9.52 Å². The lowest BCUT2D eigenvalue weighted by atomic mass is 10.3. The molecule has 2 rings (SSSR count). The van der Waals surface area contributed by atoms with Gasteiger partial charge in [0.15, 0.2) is 11.5 Å². The molecule has 0 aliphatic heterocycles. The minimum Gasteiger partial charge on any atom is -0.481 e. The number of hydrogen-bond acceptors (Lipinski definition) is 4. The zero-order valence-electron chi connectivity index (χ0n) is 11.0. The molecule has 0 aliphatic rings. The number of aryl methyl sites for hydroxylation is 1. The number of aliphatic carboxylic acids is 1. The van der Waals surface area contributed by atoms with Crippen molar-refractivity contribution in [2.24, 2.45) is 0 Å². The number of carboxylic acids is 1. The molecule has 2 heterocycles. The zero-order valence-corrected chi connectivity index (χ0v) is 11.0. The van der Waals surface area contributed by atoms with Crippen molar-refractivity contribution < 1.29 is 19.1 Å². The first-order valence-corrected chi connectivity index (χ1v) is 6.18. The quantitative estimate of drug-likeness (QED) is 0.694. The van der Waals surface area contributed by atoms with Crippen LogP contribution in [0.15, 0.2) is 22.6 Å². The highest BCUT2D eigenvalue weighted by Crippen LogP contribution is 2.20. The fourth-order valence-corrected chi connectivity index (χ4v) is 1.68. The zero-order chi connectivity index (χ0) is 14.5. The standard InChI is InChI=1S/C13H15N3O4/c1-8-4-5-11(20-8)9-7-10(16-15-9)13(19)14-6-2-3-12(17)18/h4-5,7H,2-3,6H2,1H3,(H,14,19)(H,15,16)(H,17,18). The molecule has 0 atom stereocenters. The normalized spacial score (nSPS) is 10.4. The Morgan fingerprint density at radius 2 is 2.25 bits per heavy atom. The Morgan fingerprint density at radius 3 is 2.90 bits per heavy atom. The Labute approximate surface area is 115 Å². The molecule has 0 fully saturated rings. The molecule has 0 aliphatic carbocycles. The van der Waals surface area contributed by atoms with E-state index in [0.717, 1.165) is 5.76 Å². The van der Waals surface area contributed by atoms with Gasteiger partial charge < -0.3 is 14.8 Å². The van der Waals surface area contributed by atoms with Crippen molar-refractivity contribution in [3.8, 4) is 11.5 Å². The molecule has 7 nitrogen and oxygen atoms in total. The third-order valence-corrected chi connectivity index (χ3v) is 2.67. The fourth-order valence-electron chi connectivity index (χ4n) is 1.68. The largest absolute Gasteiger partial charge is 0.481 e. The number of nitrogens with zero attached hydrogens (tertiary/aromatic N) is 1. The van der Waals surface area contributed by atoms with E-state index in [1.165, 1.54) is 0 Å². The van der Waals surface area contributed by atoms with Gasteiger partial charge in [0.25, 0.3) is 5.91 Å². The highest BCUT2D eigenvalue weighted by Gasteiger charge is 2.12. The molecule has 106 valence electrons. The number of H-pyrrole nitrogens is 1. The summed E-state index contributed by atoms with van der Waals surface area (Å²) >= 11 is 0. The highest BCUT2D eigenvalue weighted by atomic mass is 16.4. The Bertz CT molecular complexity index is 615. The summed E-state index contributed by atoms with van der Waals surface area (Å²) in [5.41, 5.74) is 0.859. The second-order valence-electron chi connectivity index (χ2n) is 4.33. The van der Waals surface area contributed by atoms with Gasteiger partial charge in [0, 0.05) is 19.0 Å². The average Bonchev–Trinajstić information content (AvgIpc) is 3.02. The van der Waals surface area contributed by atoms with Crippen molar-refractivity contribution >= 4 is 11.9 Å². The molecule has 1 amide bonds. The van der Waals surface area contributed by atoms with Crippen molar-refractivity contribution in [3.05, 3.63) is 29.7 Å². The lowest BCUT2D eigenvalue weighted by Gasteiger charge is -2.00. The van der Waals surface area contributed by atoms with E-state index in [-0.39, 0.29) is 18.0 Å². The SMILES string of the molecule is Cc1ccc(-c2cc(C(=O)NCCCC(=O)O)n[nH]2)o1. The Kier molecular flexibility index (Phi) is 4.19. The third kappa shape index (κ3) is 3.47. The Morgan fingerprint density at radius 1 is 1.45 bits per heavy atom. The maximum Gasteiger partial charge on any atom is 0.303 e.